The highest BCUT2D eigenvalue weighted by atomic mass is 79.9. The molecule has 0 bridgehead atoms. The van der Waals surface area contributed by atoms with Gasteiger partial charge in [0.2, 0.25) is 0 Å². The smallest absolute Gasteiger partial charge is 0.307 e. The number of fused-ring (bicyclic) bond motifs is 1. The number of nitrogens with one attached hydrogen (secondary N) is 1. The van der Waals surface area contributed by atoms with Crippen LogP contribution in [0.25, 0.3) is 11.0 Å². The number of amides is 1. The molecule has 1 N–H and O–H groups in total. The highest BCUT2D eigenvalue weighted by molar-refractivity contribution is 9.11. The second-order valence-electron chi connectivity index (χ2n) is 5.03. The van der Waals surface area contributed by atoms with E-state index < -0.39 is 5.91 Å². The van der Waals surface area contributed by atoms with Gasteiger partial charge >= 0.3 is 5.91 Å². The number of benzene rings is 2. The first-order valence-electron chi connectivity index (χ1n) is 6.81. The minimum Gasteiger partial charge on any atom is -0.450 e. The molecule has 0 saturated carbocycles. The first kappa shape index (κ1) is 16.0. The van der Waals surface area contributed by atoms with Crippen LogP contribution in [0.1, 0.15) is 21.7 Å². The summed E-state index contributed by atoms with van der Waals surface area (Å²) < 4.78 is 7.27. The van der Waals surface area contributed by atoms with Crippen molar-refractivity contribution in [2.75, 3.05) is 0 Å². The van der Waals surface area contributed by atoms with Crippen molar-refractivity contribution in [3.8, 4) is 0 Å². The summed E-state index contributed by atoms with van der Waals surface area (Å²) >= 11 is 6.82. The number of aryl methyl sites for hydroxylation is 1. The summed E-state index contributed by atoms with van der Waals surface area (Å²) in [7, 11) is 0. The molecule has 116 valence electrons. The van der Waals surface area contributed by atoms with E-state index in [4.69, 9.17) is 4.42 Å². The molecule has 0 aliphatic rings. The second-order valence-corrected chi connectivity index (χ2v) is 6.80. The molecule has 0 saturated heterocycles. The van der Waals surface area contributed by atoms with E-state index in [1.54, 1.807) is 12.3 Å². The molecule has 0 atom stereocenters. The summed E-state index contributed by atoms with van der Waals surface area (Å²) in [6.07, 6.45) is 1.59. The van der Waals surface area contributed by atoms with Gasteiger partial charge in [-0.3, -0.25) is 4.79 Å². The van der Waals surface area contributed by atoms with Crippen LogP contribution < -0.4 is 5.43 Å². The van der Waals surface area contributed by atoms with Crippen LogP contribution in [0, 0.1) is 6.92 Å². The van der Waals surface area contributed by atoms with E-state index in [1.165, 1.54) is 5.56 Å². The Labute approximate surface area is 149 Å². The third-order valence-electron chi connectivity index (χ3n) is 3.22. The Balaban J connectivity index is 1.75. The lowest BCUT2D eigenvalue weighted by Gasteiger charge is -1.96. The van der Waals surface area contributed by atoms with Crippen molar-refractivity contribution in [1.82, 2.24) is 5.43 Å². The quantitative estimate of drug-likeness (QED) is 0.463. The monoisotopic (exact) mass is 434 g/mol. The minimum atomic E-state index is -0.396. The summed E-state index contributed by atoms with van der Waals surface area (Å²) in [6.45, 7) is 2.01. The molecular weight excluding hydrogens is 424 g/mol. The lowest BCUT2D eigenvalue weighted by molar-refractivity contribution is 0.0929. The Morgan fingerprint density at radius 3 is 2.65 bits per heavy atom. The number of hydrazone groups is 1. The van der Waals surface area contributed by atoms with Crippen molar-refractivity contribution < 1.29 is 9.21 Å². The Morgan fingerprint density at radius 2 is 1.91 bits per heavy atom. The fourth-order valence-corrected chi connectivity index (χ4v) is 3.40. The standard InChI is InChI=1S/C17H12Br2N2O2/c1-10-2-4-11(5-3-10)9-20-21-17(22)15-7-12-6-13(18)8-14(19)16(12)23-15/h2-9H,1H3,(H,21,22)/b20-9-. The average Bonchev–Trinajstić information content (AvgIpc) is 2.93. The van der Waals surface area contributed by atoms with E-state index >= 15 is 0 Å². The average molecular weight is 436 g/mol. The molecule has 0 fully saturated rings. The number of rotatable bonds is 3. The minimum absolute atomic E-state index is 0.208. The summed E-state index contributed by atoms with van der Waals surface area (Å²) in [6, 6.07) is 13.3. The van der Waals surface area contributed by atoms with Gasteiger partial charge in [0.15, 0.2) is 5.76 Å². The van der Waals surface area contributed by atoms with Crippen LogP contribution in [0.5, 0.6) is 0 Å². The fourth-order valence-electron chi connectivity index (χ4n) is 2.06. The number of hydrogen-bond acceptors (Lipinski definition) is 3. The van der Waals surface area contributed by atoms with Gasteiger partial charge in [-0.05, 0) is 46.6 Å². The highest BCUT2D eigenvalue weighted by Gasteiger charge is 2.14. The van der Waals surface area contributed by atoms with E-state index in [-0.39, 0.29) is 5.76 Å². The first-order valence-corrected chi connectivity index (χ1v) is 8.40. The molecule has 1 amide bonds. The van der Waals surface area contributed by atoms with Crippen molar-refractivity contribution in [3.05, 3.63) is 68.3 Å². The van der Waals surface area contributed by atoms with Gasteiger partial charge in [0.05, 0.1) is 10.7 Å². The zero-order valence-corrected chi connectivity index (χ0v) is 15.3. The van der Waals surface area contributed by atoms with Crippen molar-refractivity contribution in [1.29, 1.82) is 0 Å². The van der Waals surface area contributed by atoms with Gasteiger partial charge in [-0.1, -0.05) is 45.8 Å². The van der Waals surface area contributed by atoms with E-state index in [9.17, 15) is 4.79 Å². The third-order valence-corrected chi connectivity index (χ3v) is 4.26. The lowest BCUT2D eigenvalue weighted by Crippen LogP contribution is -2.16. The maximum atomic E-state index is 12.1. The summed E-state index contributed by atoms with van der Waals surface area (Å²) in [5.41, 5.74) is 5.17. The van der Waals surface area contributed by atoms with E-state index in [1.807, 2.05) is 43.3 Å². The Kier molecular flexibility index (Phi) is 4.63. The number of furan rings is 1. The van der Waals surface area contributed by atoms with Crippen LogP contribution in [0.4, 0.5) is 0 Å². The molecule has 0 spiro atoms. The van der Waals surface area contributed by atoms with Crippen molar-refractivity contribution in [2.45, 2.75) is 6.92 Å². The molecule has 4 nitrogen and oxygen atoms in total. The topological polar surface area (TPSA) is 54.6 Å². The van der Waals surface area contributed by atoms with Gasteiger partial charge < -0.3 is 4.42 Å². The first-order chi connectivity index (χ1) is 11.0. The predicted octanol–water partition coefficient (Wildman–Crippen LogP) is 5.03. The molecule has 23 heavy (non-hydrogen) atoms. The maximum Gasteiger partial charge on any atom is 0.307 e. The van der Waals surface area contributed by atoms with E-state index in [0.717, 1.165) is 19.9 Å². The molecule has 1 heterocycles. The molecule has 0 aliphatic carbocycles. The Hall–Kier alpha value is -1.92. The van der Waals surface area contributed by atoms with Crippen LogP contribution in [-0.2, 0) is 0 Å². The zero-order chi connectivity index (χ0) is 16.4. The van der Waals surface area contributed by atoms with Gasteiger partial charge in [0, 0.05) is 9.86 Å². The highest BCUT2D eigenvalue weighted by Crippen LogP contribution is 2.30. The number of carbonyl (C=O) groups excluding carboxylic acids is 1. The fraction of sp³-hybridized carbons (Fsp3) is 0.0588. The van der Waals surface area contributed by atoms with Gasteiger partial charge in [0.1, 0.15) is 5.58 Å². The van der Waals surface area contributed by atoms with Crippen molar-refractivity contribution in [2.24, 2.45) is 5.10 Å². The Bertz CT molecular complexity index is 899. The van der Waals surface area contributed by atoms with Crippen LogP contribution in [-0.4, -0.2) is 12.1 Å². The largest absolute Gasteiger partial charge is 0.450 e. The second kappa shape index (κ2) is 6.68. The zero-order valence-electron chi connectivity index (χ0n) is 12.1. The van der Waals surface area contributed by atoms with Crippen LogP contribution >= 0.6 is 31.9 Å². The van der Waals surface area contributed by atoms with Crippen LogP contribution in [0.2, 0.25) is 0 Å². The SMILES string of the molecule is Cc1ccc(/C=N\NC(=O)c2cc3cc(Br)cc(Br)c3o2)cc1. The molecule has 3 rings (SSSR count). The van der Waals surface area contributed by atoms with Crippen LogP contribution in [0.3, 0.4) is 0 Å². The van der Waals surface area contributed by atoms with Crippen molar-refractivity contribution in [3.63, 3.8) is 0 Å². The molecule has 3 aromatic rings. The molecule has 2 aromatic carbocycles. The molecular formula is C17H12Br2N2O2. The number of halogens is 2. The molecule has 0 aliphatic heterocycles. The van der Waals surface area contributed by atoms with Crippen LogP contribution in [0.15, 0.2) is 60.9 Å². The van der Waals surface area contributed by atoms with Gasteiger partial charge in [-0.15, -0.1) is 0 Å². The normalized spacial score (nSPS) is 11.3. The summed E-state index contributed by atoms with van der Waals surface area (Å²) in [5, 5.41) is 4.78. The van der Waals surface area contributed by atoms with Gasteiger partial charge in [0.25, 0.3) is 0 Å². The number of nitrogens with zero attached hydrogens (tertiary/aromatic N) is 1. The molecule has 0 unspecified atom stereocenters. The lowest BCUT2D eigenvalue weighted by atomic mass is 10.2. The molecule has 1 aromatic heterocycles. The van der Waals surface area contributed by atoms with Gasteiger partial charge in [-0.2, -0.15) is 5.10 Å². The molecule has 0 radical (unpaired) electrons. The predicted molar refractivity (Wildman–Crippen MR) is 97.9 cm³/mol. The number of carbonyl (C=O) groups is 1. The maximum absolute atomic E-state index is 12.1. The van der Waals surface area contributed by atoms with E-state index in [0.29, 0.717) is 5.58 Å². The summed E-state index contributed by atoms with van der Waals surface area (Å²) in [4.78, 5) is 12.1. The number of hydrogen-bond donors (Lipinski definition) is 1. The summed E-state index contributed by atoms with van der Waals surface area (Å²) in [5.74, 6) is -0.188. The van der Waals surface area contributed by atoms with E-state index in [2.05, 4.69) is 42.4 Å². The Morgan fingerprint density at radius 1 is 1.17 bits per heavy atom. The third kappa shape index (κ3) is 3.71. The molecule has 6 heteroatoms. The van der Waals surface area contributed by atoms with Gasteiger partial charge in [-0.25, -0.2) is 5.43 Å². The van der Waals surface area contributed by atoms with Crippen molar-refractivity contribution >= 4 is 55.0 Å².